The summed E-state index contributed by atoms with van der Waals surface area (Å²) in [6.07, 6.45) is 0. The third-order valence-electron chi connectivity index (χ3n) is 1.89. The molecule has 0 fully saturated rings. The van der Waals surface area contributed by atoms with E-state index in [0.29, 0.717) is 16.8 Å². The number of carbonyl (C=O) groups excluding carboxylic acids is 1. The average Bonchev–Trinajstić information content (AvgIpc) is 2.53. The molecule has 1 aromatic carbocycles. The Morgan fingerprint density at radius 1 is 1.53 bits per heavy atom. The second-order valence-electron chi connectivity index (χ2n) is 3.05. The number of nitrogens with two attached hydrogens (primary N) is 1. The van der Waals surface area contributed by atoms with E-state index in [-0.39, 0.29) is 6.54 Å². The van der Waals surface area contributed by atoms with Crippen molar-refractivity contribution in [2.45, 2.75) is 0 Å². The lowest BCUT2D eigenvalue weighted by Gasteiger charge is -2.02. The number of hydrogen-bond acceptors (Lipinski definition) is 4. The van der Waals surface area contributed by atoms with Crippen LogP contribution >= 0.6 is 0 Å². The van der Waals surface area contributed by atoms with Gasteiger partial charge in [0.25, 0.3) is 0 Å². The molecule has 0 spiro atoms. The number of nitrogens with one attached hydrogen (secondary N) is 2. The molecule has 2 rings (SSSR count). The number of aromatic amines is 1. The molecule has 0 saturated heterocycles. The van der Waals surface area contributed by atoms with Crippen LogP contribution < -0.4 is 16.8 Å². The average molecular weight is 207 g/mol. The summed E-state index contributed by atoms with van der Waals surface area (Å²) in [5.41, 5.74) is 6.73. The first-order chi connectivity index (χ1) is 7.15. The largest absolute Gasteiger partial charge is 0.417 e. The van der Waals surface area contributed by atoms with E-state index >= 15 is 0 Å². The molecule has 1 aromatic heterocycles. The Balaban J connectivity index is 2.30. The minimum absolute atomic E-state index is 0.0492. The van der Waals surface area contributed by atoms with E-state index in [1.54, 1.807) is 18.2 Å². The van der Waals surface area contributed by atoms with Crippen molar-refractivity contribution < 1.29 is 9.21 Å². The van der Waals surface area contributed by atoms with Gasteiger partial charge in [0.1, 0.15) is 0 Å². The Morgan fingerprint density at radius 3 is 3.07 bits per heavy atom. The number of fused-ring (bicyclic) bond motifs is 1. The summed E-state index contributed by atoms with van der Waals surface area (Å²) in [4.78, 5) is 23.9. The molecule has 6 nitrogen and oxygen atoms in total. The topological polar surface area (TPSA) is 101 Å². The lowest BCUT2D eigenvalue weighted by atomic mass is 10.3. The molecule has 0 aliphatic carbocycles. The van der Waals surface area contributed by atoms with Gasteiger partial charge in [0.05, 0.1) is 12.1 Å². The van der Waals surface area contributed by atoms with Gasteiger partial charge in [-0.1, -0.05) is 0 Å². The number of hydrogen-bond donors (Lipinski definition) is 3. The zero-order valence-electron chi connectivity index (χ0n) is 7.74. The van der Waals surface area contributed by atoms with Gasteiger partial charge in [0.2, 0.25) is 5.91 Å². The van der Waals surface area contributed by atoms with Crippen molar-refractivity contribution in [3.05, 3.63) is 28.7 Å². The van der Waals surface area contributed by atoms with Crippen LogP contribution in [0.25, 0.3) is 11.1 Å². The number of anilines is 1. The smallest absolute Gasteiger partial charge is 0.408 e. The van der Waals surface area contributed by atoms with Crippen LogP contribution in [0.5, 0.6) is 0 Å². The summed E-state index contributed by atoms with van der Waals surface area (Å²) in [5.74, 6) is -0.951. The van der Waals surface area contributed by atoms with Crippen molar-refractivity contribution in [2.24, 2.45) is 5.73 Å². The monoisotopic (exact) mass is 207 g/mol. The van der Waals surface area contributed by atoms with Gasteiger partial charge in [0.15, 0.2) is 5.58 Å². The van der Waals surface area contributed by atoms with E-state index in [0.717, 1.165) is 0 Å². The normalized spacial score (nSPS) is 10.4. The van der Waals surface area contributed by atoms with Gasteiger partial charge in [-0.15, -0.1) is 0 Å². The highest BCUT2D eigenvalue weighted by Crippen LogP contribution is 2.15. The molecule has 6 heteroatoms. The number of primary amides is 1. The molecule has 0 unspecified atom stereocenters. The SMILES string of the molecule is NC(=O)CNc1ccc2oc(=O)[nH]c2c1. The molecular formula is C9H9N3O3. The van der Waals surface area contributed by atoms with E-state index in [2.05, 4.69) is 10.3 Å². The van der Waals surface area contributed by atoms with Crippen LogP contribution in [0.4, 0.5) is 5.69 Å². The minimum atomic E-state index is -0.503. The van der Waals surface area contributed by atoms with Gasteiger partial charge >= 0.3 is 5.76 Å². The van der Waals surface area contributed by atoms with Gasteiger partial charge in [-0.25, -0.2) is 4.79 Å². The molecule has 0 radical (unpaired) electrons. The highest BCUT2D eigenvalue weighted by atomic mass is 16.4. The third kappa shape index (κ3) is 1.98. The molecule has 4 N–H and O–H groups in total. The van der Waals surface area contributed by atoms with Crippen molar-refractivity contribution >= 4 is 22.7 Å². The molecule has 2 aromatic rings. The van der Waals surface area contributed by atoms with Crippen molar-refractivity contribution in [2.75, 3.05) is 11.9 Å². The fourth-order valence-electron chi connectivity index (χ4n) is 1.25. The van der Waals surface area contributed by atoms with E-state index in [1.807, 2.05) is 0 Å². The molecule has 1 heterocycles. The summed E-state index contributed by atoms with van der Waals surface area (Å²) in [6, 6.07) is 5.00. The fraction of sp³-hybridized carbons (Fsp3) is 0.111. The molecular weight excluding hydrogens is 198 g/mol. The zero-order chi connectivity index (χ0) is 10.8. The Morgan fingerprint density at radius 2 is 2.33 bits per heavy atom. The van der Waals surface area contributed by atoms with E-state index in [4.69, 9.17) is 10.2 Å². The standard InChI is InChI=1S/C9H9N3O3/c10-8(13)4-11-5-1-2-7-6(3-5)12-9(14)15-7/h1-3,11H,4H2,(H2,10,13)(H,12,14). The van der Waals surface area contributed by atoms with Gasteiger partial charge in [0, 0.05) is 5.69 Å². The maximum atomic E-state index is 10.8. The van der Waals surface area contributed by atoms with Crippen molar-refractivity contribution in [1.82, 2.24) is 4.98 Å². The lowest BCUT2D eigenvalue weighted by Crippen LogP contribution is -2.21. The number of H-pyrrole nitrogens is 1. The molecule has 0 atom stereocenters. The van der Waals surface area contributed by atoms with Gasteiger partial charge in [-0.05, 0) is 18.2 Å². The van der Waals surface area contributed by atoms with Crippen LogP contribution in [0.1, 0.15) is 0 Å². The fourth-order valence-corrected chi connectivity index (χ4v) is 1.25. The van der Waals surface area contributed by atoms with Crippen LogP contribution in [0.3, 0.4) is 0 Å². The molecule has 15 heavy (non-hydrogen) atoms. The van der Waals surface area contributed by atoms with E-state index in [1.165, 1.54) is 0 Å². The maximum Gasteiger partial charge on any atom is 0.417 e. The van der Waals surface area contributed by atoms with Crippen molar-refractivity contribution in [3.63, 3.8) is 0 Å². The molecule has 0 aliphatic heterocycles. The van der Waals surface area contributed by atoms with E-state index in [9.17, 15) is 9.59 Å². The van der Waals surface area contributed by atoms with Crippen molar-refractivity contribution in [1.29, 1.82) is 0 Å². The quantitative estimate of drug-likeness (QED) is 0.660. The summed E-state index contributed by atoms with van der Waals surface area (Å²) in [6.45, 7) is 0.0492. The van der Waals surface area contributed by atoms with Crippen LogP contribution in [0.2, 0.25) is 0 Å². The number of rotatable bonds is 3. The van der Waals surface area contributed by atoms with E-state index < -0.39 is 11.7 Å². The molecule has 0 aliphatic rings. The predicted molar refractivity (Wildman–Crippen MR) is 54.5 cm³/mol. The lowest BCUT2D eigenvalue weighted by molar-refractivity contribution is -0.116. The predicted octanol–water partition coefficient (Wildman–Crippen LogP) is 0.0183. The van der Waals surface area contributed by atoms with Crippen LogP contribution in [0.15, 0.2) is 27.4 Å². The molecule has 0 saturated carbocycles. The van der Waals surface area contributed by atoms with Crippen LogP contribution in [-0.2, 0) is 4.79 Å². The maximum absolute atomic E-state index is 10.8. The summed E-state index contributed by atoms with van der Waals surface area (Å²) >= 11 is 0. The highest BCUT2D eigenvalue weighted by Gasteiger charge is 2.02. The Kier molecular flexibility index (Phi) is 2.17. The number of carbonyl (C=O) groups is 1. The Hall–Kier alpha value is -2.24. The summed E-state index contributed by atoms with van der Waals surface area (Å²) in [5, 5.41) is 2.81. The molecule has 78 valence electrons. The first-order valence-corrected chi connectivity index (χ1v) is 4.30. The molecule has 0 bridgehead atoms. The van der Waals surface area contributed by atoms with Crippen molar-refractivity contribution in [3.8, 4) is 0 Å². The minimum Gasteiger partial charge on any atom is -0.408 e. The van der Waals surface area contributed by atoms with Gasteiger partial charge < -0.3 is 15.5 Å². The number of aromatic nitrogens is 1. The third-order valence-corrected chi connectivity index (χ3v) is 1.89. The zero-order valence-corrected chi connectivity index (χ0v) is 7.74. The van der Waals surface area contributed by atoms with Gasteiger partial charge in [-0.2, -0.15) is 0 Å². The first kappa shape index (κ1) is 9.32. The summed E-state index contributed by atoms with van der Waals surface area (Å²) < 4.78 is 4.82. The Bertz CT molecular complexity index is 555. The Labute approximate surface area is 84.1 Å². The van der Waals surface area contributed by atoms with Crippen LogP contribution in [0, 0.1) is 0 Å². The first-order valence-electron chi connectivity index (χ1n) is 4.30. The number of amides is 1. The second kappa shape index (κ2) is 3.49. The summed E-state index contributed by atoms with van der Waals surface area (Å²) in [7, 11) is 0. The number of oxazole rings is 1. The van der Waals surface area contributed by atoms with Gasteiger partial charge in [-0.3, -0.25) is 9.78 Å². The highest BCUT2D eigenvalue weighted by molar-refractivity contribution is 5.81. The molecule has 1 amide bonds. The second-order valence-corrected chi connectivity index (χ2v) is 3.05. The van der Waals surface area contributed by atoms with Crippen LogP contribution in [-0.4, -0.2) is 17.4 Å². The number of benzene rings is 1.